The van der Waals surface area contributed by atoms with Crippen molar-refractivity contribution in [1.29, 1.82) is 0 Å². The Labute approximate surface area is 111 Å². The SMILES string of the molecule is FC(F)(F)c1nsc(N2CCC3(CC2)OCCO3)n1. The summed E-state index contributed by atoms with van der Waals surface area (Å²) in [6.45, 7) is 2.28. The van der Waals surface area contributed by atoms with Gasteiger partial charge in [-0.15, -0.1) is 0 Å². The summed E-state index contributed by atoms with van der Waals surface area (Å²) in [6, 6.07) is 0. The molecular formula is C10H12F3N3O2S. The van der Waals surface area contributed by atoms with Crippen molar-refractivity contribution < 1.29 is 22.6 Å². The van der Waals surface area contributed by atoms with E-state index in [1.54, 1.807) is 4.90 Å². The average molecular weight is 295 g/mol. The highest BCUT2D eigenvalue weighted by Gasteiger charge is 2.41. The molecule has 1 aromatic rings. The van der Waals surface area contributed by atoms with E-state index < -0.39 is 17.8 Å². The van der Waals surface area contributed by atoms with Crippen LogP contribution < -0.4 is 4.90 Å². The summed E-state index contributed by atoms with van der Waals surface area (Å²) in [7, 11) is 0. The molecule has 2 aliphatic heterocycles. The fourth-order valence-electron chi connectivity index (χ4n) is 2.28. The van der Waals surface area contributed by atoms with Crippen molar-refractivity contribution >= 4 is 16.7 Å². The molecular weight excluding hydrogens is 283 g/mol. The number of ether oxygens (including phenoxy) is 2. The van der Waals surface area contributed by atoms with Gasteiger partial charge in [0.25, 0.3) is 0 Å². The highest BCUT2D eigenvalue weighted by atomic mass is 32.1. The van der Waals surface area contributed by atoms with Crippen LogP contribution in [0, 0.1) is 0 Å². The standard InChI is InChI=1S/C10H12F3N3O2S/c11-10(12,13)7-14-8(19-15-7)16-3-1-9(2-4-16)17-5-6-18-9/h1-6H2. The molecule has 0 unspecified atom stereocenters. The second-order valence-electron chi connectivity index (χ2n) is 4.49. The number of aromatic nitrogens is 2. The Balaban J connectivity index is 1.66. The molecule has 0 N–H and O–H groups in total. The van der Waals surface area contributed by atoms with Crippen LogP contribution in [-0.2, 0) is 15.7 Å². The third kappa shape index (κ3) is 2.54. The van der Waals surface area contributed by atoms with Gasteiger partial charge >= 0.3 is 6.18 Å². The maximum atomic E-state index is 12.4. The van der Waals surface area contributed by atoms with Gasteiger partial charge in [-0.3, -0.25) is 0 Å². The van der Waals surface area contributed by atoms with Crippen LogP contribution in [0.2, 0.25) is 0 Å². The van der Waals surface area contributed by atoms with Gasteiger partial charge in [-0.25, -0.2) is 0 Å². The Morgan fingerprint density at radius 3 is 2.32 bits per heavy atom. The molecule has 2 fully saturated rings. The van der Waals surface area contributed by atoms with E-state index in [0.717, 1.165) is 11.5 Å². The van der Waals surface area contributed by atoms with E-state index in [1.165, 1.54) is 0 Å². The van der Waals surface area contributed by atoms with Crippen LogP contribution in [-0.4, -0.2) is 41.4 Å². The van der Waals surface area contributed by atoms with Crippen molar-refractivity contribution in [3.8, 4) is 0 Å². The topological polar surface area (TPSA) is 47.5 Å². The average Bonchev–Trinajstić information content (AvgIpc) is 2.99. The first-order valence-corrected chi connectivity index (χ1v) is 6.70. The molecule has 0 atom stereocenters. The molecule has 0 saturated carbocycles. The Bertz CT molecular complexity index is 449. The zero-order valence-corrected chi connectivity index (χ0v) is 10.8. The summed E-state index contributed by atoms with van der Waals surface area (Å²) in [5.74, 6) is -1.60. The molecule has 3 rings (SSSR count). The lowest BCUT2D eigenvalue weighted by molar-refractivity contribution is -0.169. The number of hydrogen-bond acceptors (Lipinski definition) is 6. The van der Waals surface area contributed by atoms with Crippen LogP contribution in [0.5, 0.6) is 0 Å². The van der Waals surface area contributed by atoms with Crippen LogP contribution in [0.4, 0.5) is 18.3 Å². The van der Waals surface area contributed by atoms with Gasteiger partial charge in [0.1, 0.15) is 0 Å². The zero-order valence-electron chi connectivity index (χ0n) is 9.94. The number of alkyl halides is 3. The number of nitrogens with zero attached hydrogens (tertiary/aromatic N) is 3. The highest BCUT2D eigenvalue weighted by molar-refractivity contribution is 7.09. The molecule has 0 aromatic carbocycles. The molecule has 0 aliphatic carbocycles. The van der Waals surface area contributed by atoms with Gasteiger partial charge < -0.3 is 14.4 Å². The Kier molecular flexibility index (Phi) is 3.14. The zero-order chi connectivity index (χ0) is 13.5. The molecule has 1 spiro atoms. The van der Waals surface area contributed by atoms with Gasteiger partial charge in [-0.1, -0.05) is 0 Å². The Morgan fingerprint density at radius 1 is 1.16 bits per heavy atom. The second-order valence-corrected chi connectivity index (χ2v) is 5.22. The third-order valence-electron chi connectivity index (χ3n) is 3.28. The van der Waals surface area contributed by atoms with E-state index in [4.69, 9.17) is 9.47 Å². The van der Waals surface area contributed by atoms with Gasteiger partial charge in [-0.2, -0.15) is 22.5 Å². The molecule has 2 aliphatic rings. The minimum absolute atomic E-state index is 0.306. The van der Waals surface area contributed by atoms with Crippen molar-refractivity contribution in [3.63, 3.8) is 0 Å². The first-order valence-electron chi connectivity index (χ1n) is 5.92. The number of hydrogen-bond donors (Lipinski definition) is 0. The van der Waals surface area contributed by atoms with Crippen LogP contribution in [0.1, 0.15) is 18.7 Å². The van der Waals surface area contributed by atoms with E-state index >= 15 is 0 Å². The normalized spacial score (nSPS) is 23.2. The highest BCUT2D eigenvalue weighted by Crippen LogP contribution is 2.35. The smallest absolute Gasteiger partial charge is 0.347 e. The molecule has 9 heteroatoms. The van der Waals surface area contributed by atoms with Crippen molar-refractivity contribution in [1.82, 2.24) is 9.36 Å². The first kappa shape index (κ1) is 13.1. The van der Waals surface area contributed by atoms with Crippen LogP contribution in [0.25, 0.3) is 0 Å². The number of halogens is 3. The quantitative estimate of drug-likeness (QED) is 0.792. The predicted octanol–water partition coefficient (Wildman–Crippen LogP) is 1.90. The number of anilines is 1. The van der Waals surface area contributed by atoms with Crippen molar-refractivity contribution in [3.05, 3.63) is 5.82 Å². The van der Waals surface area contributed by atoms with Gasteiger partial charge in [0, 0.05) is 37.5 Å². The Hall–Kier alpha value is -0.930. The summed E-state index contributed by atoms with van der Waals surface area (Å²) in [5.41, 5.74) is 0. The fourth-order valence-corrected chi connectivity index (χ4v) is 3.02. The summed E-state index contributed by atoms with van der Waals surface area (Å²) in [4.78, 5) is 5.34. The van der Waals surface area contributed by atoms with Crippen molar-refractivity contribution in [2.45, 2.75) is 24.8 Å². The van der Waals surface area contributed by atoms with E-state index in [1.807, 2.05) is 0 Å². The minimum Gasteiger partial charge on any atom is -0.347 e. The molecule has 1 aromatic heterocycles. The lowest BCUT2D eigenvalue weighted by atomic mass is 10.0. The molecule has 0 amide bonds. The first-order chi connectivity index (χ1) is 8.99. The fraction of sp³-hybridized carbons (Fsp3) is 0.800. The molecule has 3 heterocycles. The predicted molar refractivity (Wildman–Crippen MR) is 61.0 cm³/mol. The minimum atomic E-state index is -4.48. The summed E-state index contributed by atoms with van der Waals surface area (Å²) < 4.78 is 51.8. The molecule has 2 saturated heterocycles. The maximum absolute atomic E-state index is 12.4. The number of piperidine rings is 1. The summed E-state index contributed by atoms with van der Waals surface area (Å²) in [6.07, 6.45) is -3.22. The summed E-state index contributed by atoms with van der Waals surface area (Å²) in [5, 5.41) is 0.306. The van der Waals surface area contributed by atoms with E-state index in [0.29, 0.717) is 44.3 Å². The second kappa shape index (κ2) is 4.57. The van der Waals surface area contributed by atoms with E-state index in [2.05, 4.69) is 9.36 Å². The van der Waals surface area contributed by atoms with Crippen molar-refractivity contribution in [2.24, 2.45) is 0 Å². The van der Waals surface area contributed by atoms with E-state index in [9.17, 15) is 13.2 Å². The van der Waals surface area contributed by atoms with Gasteiger partial charge in [0.05, 0.1) is 13.2 Å². The third-order valence-corrected chi connectivity index (χ3v) is 4.06. The van der Waals surface area contributed by atoms with Gasteiger partial charge in [-0.05, 0) is 0 Å². The van der Waals surface area contributed by atoms with E-state index in [-0.39, 0.29) is 0 Å². The van der Waals surface area contributed by atoms with Crippen LogP contribution in [0.3, 0.4) is 0 Å². The van der Waals surface area contributed by atoms with Crippen LogP contribution >= 0.6 is 11.5 Å². The Morgan fingerprint density at radius 2 is 1.79 bits per heavy atom. The molecule has 19 heavy (non-hydrogen) atoms. The molecule has 0 radical (unpaired) electrons. The monoisotopic (exact) mass is 295 g/mol. The molecule has 0 bridgehead atoms. The maximum Gasteiger partial charge on any atom is 0.452 e. The molecule has 5 nitrogen and oxygen atoms in total. The largest absolute Gasteiger partial charge is 0.452 e. The van der Waals surface area contributed by atoms with Crippen LogP contribution in [0.15, 0.2) is 0 Å². The van der Waals surface area contributed by atoms with Crippen molar-refractivity contribution in [2.75, 3.05) is 31.2 Å². The van der Waals surface area contributed by atoms with Gasteiger partial charge in [0.2, 0.25) is 11.0 Å². The summed E-state index contributed by atoms with van der Waals surface area (Å²) >= 11 is 0.777. The lowest BCUT2D eigenvalue weighted by Gasteiger charge is -2.37. The lowest BCUT2D eigenvalue weighted by Crippen LogP contribution is -2.45. The number of rotatable bonds is 1. The van der Waals surface area contributed by atoms with Gasteiger partial charge in [0.15, 0.2) is 5.79 Å². The molecule has 106 valence electrons.